The maximum atomic E-state index is 12.8. The summed E-state index contributed by atoms with van der Waals surface area (Å²) in [4.78, 5) is 4.07. The molecule has 7 heteroatoms. The smallest absolute Gasteiger partial charge is 0.218 e. The van der Waals surface area contributed by atoms with Crippen LogP contribution in [0.2, 0.25) is 0 Å². The van der Waals surface area contributed by atoms with Crippen molar-refractivity contribution >= 4 is 9.84 Å². The molecule has 0 aliphatic carbocycles. The van der Waals surface area contributed by atoms with Gasteiger partial charge in [-0.25, -0.2) is 8.42 Å². The van der Waals surface area contributed by atoms with E-state index in [4.69, 9.17) is 4.74 Å². The van der Waals surface area contributed by atoms with Crippen molar-refractivity contribution in [2.24, 2.45) is 0 Å². The standard InChI is InChI=1S/C21H23N3O3S/c1-27-19-7-9-20(10-8-19)28(25,26)21(15-22)17-24-13-11-23(12-14-24)16-18-5-3-2-4-6-18/h2-10,17H,11-14,16H2,1H3/b21-17-. The third-order valence-corrected chi connectivity index (χ3v) is 6.39. The van der Waals surface area contributed by atoms with Crippen molar-refractivity contribution in [1.29, 1.82) is 5.26 Å². The molecular weight excluding hydrogens is 374 g/mol. The van der Waals surface area contributed by atoms with Crippen LogP contribution in [0.1, 0.15) is 5.56 Å². The molecule has 3 rings (SSSR count). The van der Waals surface area contributed by atoms with Gasteiger partial charge in [-0.1, -0.05) is 30.3 Å². The Balaban J connectivity index is 1.67. The van der Waals surface area contributed by atoms with E-state index in [1.54, 1.807) is 12.1 Å². The van der Waals surface area contributed by atoms with E-state index in [-0.39, 0.29) is 9.80 Å². The zero-order chi connectivity index (χ0) is 20.0. The number of hydrogen-bond acceptors (Lipinski definition) is 6. The molecule has 146 valence electrons. The van der Waals surface area contributed by atoms with E-state index in [1.807, 2.05) is 29.2 Å². The molecule has 0 bridgehead atoms. The van der Waals surface area contributed by atoms with Crippen molar-refractivity contribution in [3.05, 3.63) is 71.3 Å². The van der Waals surface area contributed by atoms with Crippen LogP contribution in [0.25, 0.3) is 0 Å². The van der Waals surface area contributed by atoms with Gasteiger partial charge >= 0.3 is 0 Å². The van der Waals surface area contributed by atoms with Crippen LogP contribution in [0.4, 0.5) is 0 Å². The normalized spacial score (nSPS) is 15.9. The maximum Gasteiger partial charge on any atom is 0.218 e. The van der Waals surface area contributed by atoms with Crippen LogP contribution in [-0.2, 0) is 16.4 Å². The second-order valence-corrected chi connectivity index (χ2v) is 8.50. The van der Waals surface area contributed by atoms with Crippen LogP contribution in [0.5, 0.6) is 5.75 Å². The molecule has 6 nitrogen and oxygen atoms in total. The Labute approximate surface area is 166 Å². The van der Waals surface area contributed by atoms with Gasteiger partial charge in [0.15, 0.2) is 4.91 Å². The van der Waals surface area contributed by atoms with Crippen molar-refractivity contribution in [3.8, 4) is 11.8 Å². The molecule has 0 aromatic heterocycles. The van der Waals surface area contributed by atoms with Gasteiger partial charge in [-0.3, -0.25) is 4.90 Å². The summed E-state index contributed by atoms with van der Waals surface area (Å²) < 4.78 is 30.6. The summed E-state index contributed by atoms with van der Waals surface area (Å²) in [5, 5.41) is 9.44. The summed E-state index contributed by atoms with van der Waals surface area (Å²) >= 11 is 0. The summed E-state index contributed by atoms with van der Waals surface area (Å²) in [5.41, 5.74) is 1.26. The molecule has 0 saturated carbocycles. The van der Waals surface area contributed by atoms with E-state index in [9.17, 15) is 13.7 Å². The number of methoxy groups -OCH3 is 1. The fourth-order valence-corrected chi connectivity index (χ4v) is 4.25. The first-order valence-corrected chi connectivity index (χ1v) is 10.5. The molecule has 1 heterocycles. The average molecular weight is 398 g/mol. The molecule has 1 saturated heterocycles. The lowest BCUT2D eigenvalue weighted by molar-refractivity contribution is 0.162. The third kappa shape index (κ3) is 4.71. The number of hydrogen-bond donors (Lipinski definition) is 0. The minimum atomic E-state index is -3.85. The molecule has 0 N–H and O–H groups in total. The number of ether oxygens (including phenoxy) is 1. The minimum Gasteiger partial charge on any atom is -0.497 e. The molecule has 1 aliphatic heterocycles. The zero-order valence-electron chi connectivity index (χ0n) is 15.8. The Kier molecular flexibility index (Phi) is 6.34. The van der Waals surface area contributed by atoms with Crippen LogP contribution in [0.15, 0.2) is 70.6 Å². The van der Waals surface area contributed by atoms with E-state index in [0.717, 1.165) is 19.6 Å². The molecular formula is C21H23N3O3S. The maximum absolute atomic E-state index is 12.8. The third-order valence-electron chi connectivity index (χ3n) is 4.73. The molecule has 0 amide bonds. The van der Waals surface area contributed by atoms with E-state index in [0.29, 0.717) is 18.8 Å². The van der Waals surface area contributed by atoms with E-state index < -0.39 is 9.84 Å². The van der Waals surface area contributed by atoms with Crippen molar-refractivity contribution in [2.75, 3.05) is 33.3 Å². The fraction of sp³-hybridized carbons (Fsp3) is 0.286. The monoisotopic (exact) mass is 397 g/mol. The predicted molar refractivity (Wildman–Crippen MR) is 107 cm³/mol. The number of sulfone groups is 1. The number of piperazine rings is 1. The van der Waals surface area contributed by atoms with Gasteiger partial charge in [0.2, 0.25) is 9.84 Å². The summed E-state index contributed by atoms with van der Waals surface area (Å²) in [6.45, 7) is 3.85. The molecule has 28 heavy (non-hydrogen) atoms. The number of benzene rings is 2. The number of allylic oxidation sites excluding steroid dienone is 1. The van der Waals surface area contributed by atoms with Crippen LogP contribution >= 0.6 is 0 Å². The molecule has 0 unspecified atom stereocenters. The average Bonchev–Trinajstić information content (AvgIpc) is 2.74. The highest BCUT2D eigenvalue weighted by Gasteiger charge is 2.23. The quantitative estimate of drug-likeness (QED) is 0.698. The predicted octanol–water partition coefficient (Wildman–Crippen LogP) is 2.65. The van der Waals surface area contributed by atoms with Gasteiger partial charge in [0.05, 0.1) is 12.0 Å². The lowest BCUT2D eigenvalue weighted by Gasteiger charge is -2.34. The largest absolute Gasteiger partial charge is 0.497 e. The van der Waals surface area contributed by atoms with Gasteiger partial charge in [0.1, 0.15) is 11.8 Å². The van der Waals surface area contributed by atoms with Gasteiger partial charge in [0, 0.05) is 38.9 Å². The Hall–Kier alpha value is -2.82. The number of nitriles is 1. The first-order valence-electron chi connectivity index (χ1n) is 9.04. The lowest BCUT2D eigenvalue weighted by Crippen LogP contribution is -2.43. The SMILES string of the molecule is COc1ccc(S(=O)(=O)/C(C#N)=C\N2CCN(Cc3ccccc3)CC2)cc1. The van der Waals surface area contributed by atoms with Crippen LogP contribution in [0, 0.1) is 11.3 Å². The van der Waals surface area contributed by atoms with Crippen LogP contribution in [0.3, 0.4) is 0 Å². The van der Waals surface area contributed by atoms with Crippen molar-refractivity contribution in [3.63, 3.8) is 0 Å². The molecule has 2 aromatic rings. The first kappa shape index (κ1) is 19.9. The van der Waals surface area contributed by atoms with Crippen LogP contribution < -0.4 is 4.74 Å². The van der Waals surface area contributed by atoms with Crippen LogP contribution in [-0.4, -0.2) is 51.5 Å². The summed E-state index contributed by atoms with van der Waals surface area (Å²) in [7, 11) is -2.33. The summed E-state index contributed by atoms with van der Waals surface area (Å²) in [6, 6.07) is 18.2. The van der Waals surface area contributed by atoms with Gasteiger partial charge in [-0.2, -0.15) is 5.26 Å². The molecule has 0 atom stereocenters. The Morgan fingerprint density at radius 2 is 1.71 bits per heavy atom. The molecule has 1 fully saturated rings. The van der Waals surface area contributed by atoms with E-state index in [2.05, 4.69) is 17.0 Å². The highest BCUT2D eigenvalue weighted by atomic mass is 32.2. The Morgan fingerprint density at radius 3 is 2.29 bits per heavy atom. The van der Waals surface area contributed by atoms with Gasteiger partial charge < -0.3 is 9.64 Å². The zero-order valence-corrected chi connectivity index (χ0v) is 16.6. The van der Waals surface area contributed by atoms with Gasteiger partial charge in [0.25, 0.3) is 0 Å². The van der Waals surface area contributed by atoms with Gasteiger partial charge in [-0.05, 0) is 29.8 Å². The van der Waals surface area contributed by atoms with Gasteiger partial charge in [-0.15, -0.1) is 0 Å². The second kappa shape index (κ2) is 8.91. The molecule has 2 aromatic carbocycles. The topological polar surface area (TPSA) is 73.6 Å². The van der Waals surface area contributed by atoms with Crippen molar-refractivity contribution < 1.29 is 13.2 Å². The van der Waals surface area contributed by atoms with E-state index in [1.165, 1.54) is 31.0 Å². The number of nitrogens with zero attached hydrogens (tertiary/aromatic N) is 3. The fourth-order valence-electron chi connectivity index (χ4n) is 3.10. The number of rotatable bonds is 6. The van der Waals surface area contributed by atoms with Crippen molar-refractivity contribution in [2.45, 2.75) is 11.4 Å². The molecule has 0 spiro atoms. The summed E-state index contributed by atoms with van der Waals surface area (Å²) in [6.07, 6.45) is 1.47. The summed E-state index contributed by atoms with van der Waals surface area (Å²) in [5.74, 6) is 0.566. The highest BCUT2D eigenvalue weighted by molar-refractivity contribution is 7.95. The lowest BCUT2D eigenvalue weighted by atomic mass is 10.2. The molecule has 1 aliphatic rings. The molecule has 0 radical (unpaired) electrons. The highest BCUT2D eigenvalue weighted by Crippen LogP contribution is 2.22. The second-order valence-electron chi connectivity index (χ2n) is 6.58. The first-order chi connectivity index (χ1) is 13.5. The Bertz CT molecular complexity index is 956. The van der Waals surface area contributed by atoms with Crippen molar-refractivity contribution in [1.82, 2.24) is 9.80 Å². The Morgan fingerprint density at radius 1 is 1.07 bits per heavy atom. The van der Waals surface area contributed by atoms with E-state index >= 15 is 0 Å². The minimum absolute atomic E-state index is 0.0869.